The van der Waals surface area contributed by atoms with Gasteiger partial charge in [0.05, 0.1) is 19.6 Å². The number of nitrogens with zero attached hydrogens (tertiary/aromatic N) is 2. The molecule has 2 heterocycles. The number of morpholine rings is 1. The van der Waals surface area contributed by atoms with Gasteiger partial charge in [-0.15, -0.1) is 0 Å². The summed E-state index contributed by atoms with van der Waals surface area (Å²) in [6.07, 6.45) is 1.37. The molecular formula is C16H17ClFN3O2. The topological polar surface area (TPSA) is 58.2 Å². The molecule has 0 radical (unpaired) electrons. The van der Waals surface area contributed by atoms with Crippen LogP contribution in [0.3, 0.4) is 0 Å². The zero-order valence-electron chi connectivity index (χ0n) is 12.7. The van der Waals surface area contributed by atoms with Crippen molar-refractivity contribution >= 4 is 17.5 Å². The van der Waals surface area contributed by atoms with Gasteiger partial charge < -0.3 is 14.6 Å². The van der Waals surface area contributed by atoms with Crippen LogP contribution < -0.4 is 0 Å². The van der Waals surface area contributed by atoms with Crippen LogP contribution in [0, 0.1) is 12.7 Å². The van der Waals surface area contributed by atoms with E-state index < -0.39 is 5.82 Å². The number of halogens is 2. The maximum Gasteiger partial charge on any atom is 0.227 e. The standard InChI is InChI=1S/C16H17ClFN3O2/c1-10-8-19-16(20-10)14-9-21(5-6-23-14)15(22)7-11-12(17)3-2-4-13(11)18/h2-4,8,14H,5-7,9H2,1H3,(H,19,20). The summed E-state index contributed by atoms with van der Waals surface area (Å²) in [6, 6.07) is 4.42. The summed E-state index contributed by atoms with van der Waals surface area (Å²) in [4.78, 5) is 21.5. The van der Waals surface area contributed by atoms with E-state index in [4.69, 9.17) is 16.3 Å². The van der Waals surface area contributed by atoms with Gasteiger partial charge in [0.25, 0.3) is 0 Å². The smallest absolute Gasteiger partial charge is 0.227 e. The van der Waals surface area contributed by atoms with Crippen molar-refractivity contribution in [3.8, 4) is 0 Å². The number of hydrogen-bond acceptors (Lipinski definition) is 3. The first kappa shape index (κ1) is 16.0. The minimum Gasteiger partial charge on any atom is -0.367 e. The molecule has 3 rings (SSSR count). The van der Waals surface area contributed by atoms with Crippen molar-refractivity contribution in [2.75, 3.05) is 19.7 Å². The molecule has 1 aromatic carbocycles. The van der Waals surface area contributed by atoms with Crippen LogP contribution in [0.4, 0.5) is 4.39 Å². The first-order chi connectivity index (χ1) is 11.0. The number of rotatable bonds is 3. The summed E-state index contributed by atoms with van der Waals surface area (Å²) in [6.45, 7) is 3.18. The second-order valence-electron chi connectivity index (χ2n) is 5.53. The number of amides is 1. The van der Waals surface area contributed by atoms with Crippen LogP contribution in [0.2, 0.25) is 5.02 Å². The van der Waals surface area contributed by atoms with E-state index in [1.807, 2.05) is 6.92 Å². The zero-order valence-corrected chi connectivity index (χ0v) is 13.4. The lowest BCUT2D eigenvalue weighted by molar-refractivity contribution is -0.138. The molecular weight excluding hydrogens is 321 g/mol. The Morgan fingerprint density at radius 3 is 3.09 bits per heavy atom. The highest BCUT2D eigenvalue weighted by Gasteiger charge is 2.27. The van der Waals surface area contributed by atoms with Crippen molar-refractivity contribution in [3.63, 3.8) is 0 Å². The molecule has 1 amide bonds. The van der Waals surface area contributed by atoms with Crippen molar-refractivity contribution in [2.24, 2.45) is 0 Å². The molecule has 1 aromatic heterocycles. The number of aromatic amines is 1. The number of carbonyl (C=O) groups excluding carboxylic acids is 1. The van der Waals surface area contributed by atoms with Crippen molar-refractivity contribution in [1.29, 1.82) is 0 Å². The number of carbonyl (C=O) groups is 1. The van der Waals surface area contributed by atoms with E-state index >= 15 is 0 Å². The largest absolute Gasteiger partial charge is 0.367 e. The average molecular weight is 338 g/mol. The molecule has 1 aliphatic heterocycles. The fourth-order valence-corrected chi connectivity index (χ4v) is 2.83. The molecule has 0 bridgehead atoms. The molecule has 122 valence electrons. The maximum absolute atomic E-state index is 13.8. The van der Waals surface area contributed by atoms with Gasteiger partial charge in [0.15, 0.2) is 0 Å². The van der Waals surface area contributed by atoms with Gasteiger partial charge in [0, 0.05) is 29.0 Å². The van der Waals surface area contributed by atoms with E-state index in [1.165, 1.54) is 12.1 Å². The molecule has 0 aliphatic carbocycles. The van der Waals surface area contributed by atoms with Gasteiger partial charge in [-0.05, 0) is 19.1 Å². The Kier molecular flexibility index (Phi) is 4.63. The monoisotopic (exact) mass is 337 g/mol. The number of nitrogens with one attached hydrogen (secondary N) is 1. The van der Waals surface area contributed by atoms with Crippen LogP contribution in [0.1, 0.15) is 23.2 Å². The number of H-pyrrole nitrogens is 1. The van der Waals surface area contributed by atoms with Gasteiger partial charge in [-0.1, -0.05) is 17.7 Å². The Labute approximate surface area is 138 Å². The number of aromatic nitrogens is 2. The minimum absolute atomic E-state index is 0.0601. The number of aryl methyl sites for hydroxylation is 1. The van der Waals surface area contributed by atoms with E-state index in [0.717, 1.165) is 5.69 Å². The summed E-state index contributed by atoms with van der Waals surface area (Å²) in [5.74, 6) is 0.0646. The first-order valence-electron chi connectivity index (χ1n) is 7.38. The summed E-state index contributed by atoms with van der Waals surface area (Å²) < 4.78 is 19.5. The highest BCUT2D eigenvalue weighted by atomic mass is 35.5. The summed E-state index contributed by atoms with van der Waals surface area (Å²) in [7, 11) is 0. The summed E-state index contributed by atoms with van der Waals surface area (Å²) in [5, 5.41) is 0.268. The SMILES string of the molecule is Cc1cnc(C2CN(C(=O)Cc3c(F)cccc3Cl)CCO2)[nH]1. The average Bonchev–Trinajstić information content (AvgIpc) is 2.97. The number of hydrogen-bond donors (Lipinski definition) is 1. The third-order valence-corrected chi connectivity index (χ3v) is 4.19. The fourth-order valence-electron chi connectivity index (χ4n) is 2.60. The Hall–Kier alpha value is -1.92. The first-order valence-corrected chi connectivity index (χ1v) is 7.76. The van der Waals surface area contributed by atoms with Crippen molar-refractivity contribution < 1.29 is 13.9 Å². The third-order valence-electron chi connectivity index (χ3n) is 3.84. The second-order valence-corrected chi connectivity index (χ2v) is 5.93. The molecule has 23 heavy (non-hydrogen) atoms. The number of imidazole rings is 1. The lowest BCUT2D eigenvalue weighted by atomic mass is 10.1. The quantitative estimate of drug-likeness (QED) is 0.936. The predicted molar refractivity (Wildman–Crippen MR) is 83.7 cm³/mol. The Morgan fingerprint density at radius 1 is 1.57 bits per heavy atom. The van der Waals surface area contributed by atoms with Crippen LogP contribution in [-0.4, -0.2) is 40.5 Å². The Morgan fingerprint density at radius 2 is 2.39 bits per heavy atom. The molecule has 0 saturated carbocycles. The minimum atomic E-state index is -0.461. The highest BCUT2D eigenvalue weighted by molar-refractivity contribution is 6.31. The van der Waals surface area contributed by atoms with Crippen LogP contribution in [0.5, 0.6) is 0 Å². The van der Waals surface area contributed by atoms with Gasteiger partial charge >= 0.3 is 0 Å². The van der Waals surface area contributed by atoms with Gasteiger partial charge in [-0.2, -0.15) is 0 Å². The van der Waals surface area contributed by atoms with E-state index in [9.17, 15) is 9.18 Å². The number of ether oxygens (including phenoxy) is 1. The van der Waals surface area contributed by atoms with Crippen molar-refractivity contribution in [1.82, 2.24) is 14.9 Å². The van der Waals surface area contributed by atoms with E-state index in [2.05, 4.69) is 9.97 Å². The lowest BCUT2D eigenvalue weighted by Gasteiger charge is -2.32. The molecule has 1 fully saturated rings. The lowest BCUT2D eigenvalue weighted by Crippen LogP contribution is -2.43. The molecule has 0 spiro atoms. The molecule has 1 aliphatic rings. The molecule has 7 heteroatoms. The molecule has 1 atom stereocenters. The summed E-state index contributed by atoms with van der Waals surface area (Å²) >= 11 is 5.99. The van der Waals surface area contributed by atoms with Gasteiger partial charge in [0.1, 0.15) is 17.7 Å². The molecule has 1 saturated heterocycles. The number of benzene rings is 1. The van der Waals surface area contributed by atoms with Gasteiger partial charge in [-0.3, -0.25) is 4.79 Å². The zero-order chi connectivity index (χ0) is 16.4. The third kappa shape index (κ3) is 3.54. The second kappa shape index (κ2) is 6.68. The van der Waals surface area contributed by atoms with Crippen LogP contribution in [0.25, 0.3) is 0 Å². The Balaban J connectivity index is 1.70. The molecule has 2 aromatic rings. The maximum atomic E-state index is 13.8. The Bertz CT molecular complexity index is 699. The normalized spacial score (nSPS) is 18.2. The van der Waals surface area contributed by atoms with E-state index in [1.54, 1.807) is 17.2 Å². The molecule has 1 unspecified atom stereocenters. The van der Waals surface area contributed by atoms with Crippen LogP contribution >= 0.6 is 11.6 Å². The van der Waals surface area contributed by atoms with Crippen LogP contribution in [-0.2, 0) is 16.0 Å². The van der Waals surface area contributed by atoms with E-state index in [-0.39, 0.29) is 29.0 Å². The van der Waals surface area contributed by atoms with Crippen LogP contribution in [0.15, 0.2) is 24.4 Å². The fraction of sp³-hybridized carbons (Fsp3) is 0.375. The molecule has 5 nitrogen and oxygen atoms in total. The highest BCUT2D eigenvalue weighted by Crippen LogP contribution is 2.23. The predicted octanol–water partition coefficient (Wildman–Crippen LogP) is 2.65. The van der Waals surface area contributed by atoms with Gasteiger partial charge in [0.2, 0.25) is 5.91 Å². The molecule has 1 N–H and O–H groups in total. The summed E-state index contributed by atoms with van der Waals surface area (Å²) in [5.41, 5.74) is 1.17. The van der Waals surface area contributed by atoms with Gasteiger partial charge in [-0.25, -0.2) is 9.37 Å². The van der Waals surface area contributed by atoms with E-state index in [0.29, 0.717) is 25.5 Å². The van der Waals surface area contributed by atoms with Crippen molar-refractivity contribution in [3.05, 3.63) is 52.3 Å². The van der Waals surface area contributed by atoms with Crippen molar-refractivity contribution in [2.45, 2.75) is 19.4 Å².